The Hall–Kier alpha value is -1.50. The monoisotopic (exact) mass is 428 g/mol. The van der Waals surface area contributed by atoms with Crippen LogP contribution in [0.3, 0.4) is 0 Å². The molecule has 4 nitrogen and oxygen atoms in total. The van der Waals surface area contributed by atoms with Gasteiger partial charge in [-0.1, -0.05) is 88.4 Å². The van der Waals surface area contributed by atoms with Gasteiger partial charge < -0.3 is 19.0 Å². The van der Waals surface area contributed by atoms with Crippen molar-refractivity contribution in [3.63, 3.8) is 0 Å². The van der Waals surface area contributed by atoms with Crippen molar-refractivity contribution >= 4 is 18.7 Å². The summed E-state index contributed by atoms with van der Waals surface area (Å²) in [4.78, 5) is 0. The molecule has 0 amide bonds. The topological polar surface area (TPSA) is 47.9 Å². The molecule has 0 aromatic heterocycles. The largest absolute Gasteiger partial charge is 0.404 e. The second kappa shape index (κ2) is 8.93. The molecule has 164 valence electrons. The summed E-state index contributed by atoms with van der Waals surface area (Å²) >= 11 is 0. The molecule has 1 N–H and O–H groups in total. The van der Waals surface area contributed by atoms with Crippen LogP contribution in [0.15, 0.2) is 60.7 Å². The number of aliphatic hydroxyl groups is 1. The third-order valence-electron chi connectivity index (χ3n) is 6.63. The summed E-state index contributed by atoms with van der Waals surface area (Å²) in [5.74, 6) is -0.797. The van der Waals surface area contributed by atoms with Gasteiger partial charge in [0.25, 0.3) is 8.32 Å². The van der Waals surface area contributed by atoms with Crippen molar-refractivity contribution in [2.75, 3.05) is 13.7 Å². The Balaban J connectivity index is 2.16. The fourth-order valence-electron chi connectivity index (χ4n) is 4.70. The summed E-state index contributed by atoms with van der Waals surface area (Å²) in [6.07, 6.45) is 0.225. The van der Waals surface area contributed by atoms with E-state index in [2.05, 4.69) is 88.4 Å². The van der Waals surface area contributed by atoms with Gasteiger partial charge in [0.2, 0.25) is 0 Å². The first-order chi connectivity index (χ1) is 14.2. The maximum absolute atomic E-state index is 9.89. The third-order valence-corrected chi connectivity index (χ3v) is 11.7. The molecule has 30 heavy (non-hydrogen) atoms. The van der Waals surface area contributed by atoms with Gasteiger partial charge in [0, 0.05) is 19.4 Å². The minimum Gasteiger partial charge on any atom is -0.404 e. The van der Waals surface area contributed by atoms with Gasteiger partial charge in [0.15, 0.2) is 5.79 Å². The number of ether oxygens (including phenoxy) is 2. The number of hydrogen-bond acceptors (Lipinski definition) is 4. The average molecular weight is 429 g/mol. The van der Waals surface area contributed by atoms with Crippen molar-refractivity contribution in [3.05, 3.63) is 60.7 Å². The molecule has 0 saturated carbocycles. The standard InChI is InChI=1S/C25H36O4Si/c1-19-23(17-20(18-26)28-25(19,5)27-6)29-30(24(2,3)4,21-13-9-7-10-14-21)22-15-11-8-12-16-22/h7-16,19-20,23,26H,17-18H2,1-6H3/t19-,20+,23+,25+/m1/s1. The summed E-state index contributed by atoms with van der Waals surface area (Å²) < 4.78 is 19.2. The zero-order valence-corrected chi connectivity index (χ0v) is 20.1. The molecule has 4 atom stereocenters. The van der Waals surface area contributed by atoms with E-state index >= 15 is 0 Å². The van der Waals surface area contributed by atoms with Gasteiger partial charge in [-0.25, -0.2) is 0 Å². The SMILES string of the molecule is CO[C@@]1(C)O[C@H](CO)C[C@H](O[Si](c2ccccc2)(c2ccccc2)C(C)(C)C)[C@H]1C. The van der Waals surface area contributed by atoms with E-state index in [-0.39, 0.29) is 29.8 Å². The first-order valence-electron chi connectivity index (χ1n) is 10.8. The van der Waals surface area contributed by atoms with Crippen LogP contribution in [0, 0.1) is 5.92 Å². The van der Waals surface area contributed by atoms with Crippen LogP contribution in [0.4, 0.5) is 0 Å². The molecule has 1 aliphatic rings. The number of aliphatic hydroxyl groups excluding tert-OH is 1. The van der Waals surface area contributed by atoms with E-state index in [1.165, 1.54) is 10.4 Å². The van der Waals surface area contributed by atoms with Crippen molar-refractivity contribution in [1.82, 2.24) is 0 Å². The predicted octanol–water partition coefficient (Wildman–Crippen LogP) is 3.71. The molecule has 2 aromatic rings. The van der Waals surface area contributed by atoms with Crippen LogP contribution in [0.1, 0.15) is 41.0 Å². The molecule has 2 aromatic carbocycles. The summed E-state index contributed by atoms with van der Waals surface area (Å²) in [6.45, 7) is 10.9. The highest BCUT2D eigenvalue weighted by Crippen LogP contribution is 2.42. The lowest BCUT2D eigenvalue weighted by molar-refractivity contribution is -0.305. The Labute approximate surface area is 182 Å². The van der Waals surface area contributed by atoms with Gasteiger partial charge in [-0.15, -0.1) is 0 Å². The number of rotatable bonds is 6. The van der Waals surface area contributed by atoms with Crippen LogP contribution in [0.5, 0.6) is 0 Å². The first kappa shape index (κ1) is 23.2. The summed E-state index contributed by atoms with van der Waals surface area (Å²) in [5.41, 5.74) is 0. The number of methoxy groups -OCH3 is 1. The zero-order valence-electron chi connectivity index (χ0n) is 19.1. The molecular weight excluding hydrogens is 392 g/mol. The van der Waals surface area contributed by atoms with Gasteiger partial charge in [-0.3, -0.25) is 0 Å². The van der Waals surface area contributed by atoms with Crippen molar-refractivity contribution < 1.29 is 19.0 Å². The Morgan fingerprint density at radius 1 is 1.03 bits per heavy atom. The molecule has 1 aliphatic heterocycles. The van der Waals surface area contributed by atoms with Gasteiger partial charge >= 0.3 is 0 Å². The average Bonchev–Trinajstić information content (AvgIpc) is 2.75. The van der Waals surface area contributed by atoms with Crippen LogP contribution in [0.2, 0.25) is 5.04 Å². The van der Waals surface area contributed by atoms with E-state index in [0.29, 0.717) is 6.42 Å². The minimum atomic E-state index is -2.69. The molecule has 1 fully saturated rings. The predicted molar refractivity (Wildman–Crippen MR) is 124 cm³/mol. The fraction of sp³-hybridized carbons (Fsp3) is 0.520. The van der Waals surface area contributed by atoms with Crippen LogP contribution in [0.25, 0.3) is 0 Å². The van der Waals surface area contributed by atoms with Crippen LogP contribution in [-0.2, 0) is 13.9 Å². The van der Waals surface area contributed by atoms with Crippen LogP contribution >= 0.6 is 0 Å². The summed E-state index contributed by atoms with van der Waals surface area (Å²) in [6, 6.07) is 21.3. The molecule has 3 rings (SSSR count). The molecule has 1 heterocycles. The zero-order chi connectivity index (χ0) is 22.0. The molecule has 0 unspecified atom stereocenters. The second-order valence-corrected chi connectivity index (χ2v) is 13.7. The van der Waals surface area contributed by atoms with Crippen molar-refractivity contribution in [3.8, 4) is 0 Å². The summed E-state index contributed by atoms with van der Waals surface area (Å²) in [5, 5.41) is 12.3. The molecular formula is C25H36O4Si. The molecule has 5 heteroatoms. The highest BCUT2D eigenvalue weighted by atomic mass is 28.4. The normalized spacial score (nSPS) is 27.8. The lowest BCUT2D eigenvalue weighted by atomic mass is 9.88. The van der Waals surface area contributed by atoms with Crippen LogP contribution < -0.4 is 10.4 Å². The van der Waals surface area contributed by atoms with Crippen molar-refractivity contribution in [1.29, 1.82) is 0 Å². The van der Waals surface area contributed by atoms with Crippen molar-refractivity contribution in [2.24, 2.45) is 5.92 Å². The molecule has 0 aliphatic carbocycles. The maximum Gasteiger partial charge on any atom is 0.261 e. The van der Waals surface area contributed by atoms with Gasteiger partial charge in [-0.2, -0.15) is 0 Å². The van der Waals surface area contributed by atoms with E-state index in [1.54, 1.807) is 7.11 Å². The molecule has 0 radical (unpaired) electrons. The quantitative estimate of drug-likeness (QED) is 0.713. The smallest absolute Gasteiger partial charge is 0.261 e. The van der Waals surface area contributed by atoms with E-state index in [1.807, 2.05) is 6.92 Å². The van der Waals surface area contributed by atoms with Gasteiger partial charge in [0.05, 0.1) is 18.8 Å². The molecule has 1 saturated heterocycles. The first-order valence-corrected chi connectivity index (χ1v) is 12.7. The lowest BCUT2D eigenvalue weighted by Crippen LogP contribution is -2.69. The van der Waals surface area contributed by atoms with Gasteiger partial charge in [-0.05, 0) is 22.3 Å². The lowest BCUT2D eigenvalue weighted by Gasteiger charge is -2.51. The molecule has 0 bridgehead atoms. The molecule has 0 spiro atoms. The third kappa shape index (κ3) is 4.14. The minimum absolute atomic E-state index is 0.00643. The Kier molecular flexibility index (Phi) is 6.90. The van der Waals surface area contributed by atoms with E-state index in [9.17, 15) is 5.11 Å². The van der Waals surface area contributed by atoms with E-state index < -0.39 is 14.1 Å². The maximum atomic E-state index is 9.89. The highest BCUT2D eigenvalue weighted by Gasteiger charge is 2.55. The van der Waals surface area contributed by atoms with Gasteiger partial charge in [0.1, 0.15) is 0 Å². The van der Waals surface area contributed by atoms with Crippen LogP contribution in [-0.4, -0.2) is 45.1 Å². The second-order valence-electron chi connectivity index (χ2n) is 9.49. The number of hydrogen-bond donors (Lipinski definition) is 1. The van der Waals surface area contributed by atoms with E-state index in [4.69, 9.17) is 13.9 Å². The van der Waals surface area contributed by atoms with E-state index in [0.717, 1.165) is 0 Å². The fourth-order valence-corrected chi connectivity index (χ4v) is 9.47. The Morgan fingerprint density at radius 2 is 1.53 bits per heavy atom. The van der Waals surface area contributed by atoms with Crippen molar-refractivity contribution in [2.45, 2.75) is 64.1 Å². The highest BCUT2D eigenvalue weighted by molar-refractivity contribution is 6.99. The number of benzene rings is 2. The Morgan fingerprint density at radius 3 is 1.93 bits per heavy atom. The Bertz CT molecular complexity index is 765. The summed E-state index contributed by atoms with van der Waals surface area (Å²) in [7, 11) is -1.03.